The maximum atomic E-state index is 11.7. The molecule has 0 saturated carbocycles. The lowest BCUT2D eigenvalue weighted by atomic mass is 10.1. The number of carbonyl (C=O) groups is 1. The van der Waals surface area contributed by atoms with Crippen LogP contribution in [-0.2, 0) is 0 Å². The molecule has 0 atom stereocenters. The number of terminal acetylenes is 1. The molecule has 0 aliphatic rings. The Morgan fingerprint density at radius 3 is 2.76 bits per heavy atom. The molecule has 25 heavy (non-hydrogen) atoms. The number of aromatic hydroxyl groups is 1. The molecule has 0 radical (unpaired) electrons. The van der Waals surface area contributed by atoms with Crippen LogP contribution >= 0.6 is 11.9 Å². The normalized spacial score (nSPS) is 10.2. The highest BCUT2D eigenvalue weighted by Gasteiger charge is 2.07. The van der Waals surface area contributed by atoms with Crippen LogP contribution in [0.2, 0.25) is 0 Å². The van der Waals surface area contributed by atoms with Gasteiger partial charge in [-0.15, -0.1) is 6.42 Å². The summed E-state index contributed by atoms with van der Waals surface area (Å²) in [5.74, 6) is 3.31. The smallest absolute Gasteiger partial charge is 0.330 e. The fraction of sp³-hybridized carbons (Fsp3) is 0.0588. The molecule has 0 aliphatic carbocycles. The zero-order valence-corrected chi connectivity index (χ0v) is 13.7. The Morgan fingerprint density at radius 1 is 1.20 bits per heavy atom. The number of fused-ring (bicyclic) bond motifs is 1. The SMILES string of the molecule is C#CCSNC(=O)Nc1ccc2ncc(-c3ccc(O)cc3)nc2n1. The van der Waals surface area contributed by atoms with E-state index in [0.29, 0.717) is 28.4 Å². The lowest BCUT2D eigenvalue weighted by Gasteiger charge is -2.06. The number of rotatable bonds is 4. The summed E-state index contributed by atoms with van der Waals surface area (Å²) in [6, 6.07) is 9.57. The minimum atomic E-state index is -0.422. The van der Waals surface area contributed by atoms with E-state index < -0.39 is 6.03 Å². The number of pyridine rings is 1. The number of aromatic nitrogens is 3. The number of carbonyl (C=O) groups excluding carboxylic acids is 1. The second kappa shape index (κ2) is 7.51. The molecule has 0 saturated heterocycles. The number of phenolic OH excluding ortho intramolecular Hbond substituents is 1. The van der Waals surface area contributed by atoms with Crippen LogP contribution in [0.1, 0.15) is 0 Å². The van der Waals surface area contributed by atoms with Crippen molar-refractivity contribution in [3.63, 3.8) is 0 Å². The van der Waals surface area contributed by atoms with Crippen LogP contribution in [0.5, 0.6) is 5.75 Å². The van der Waals surface area contributed by atoms with Crippen LogP contribution in [0.25, 0.3) is 22.4 Å². The molecular formula is C17H13N5O2S. The van der Waals surface area contributed by atoms with Crippen LogP contribution in [-0.4, -0.2) is 31.8 Å². The number of nitrogens with zero attached hydrogens (tertiary/aromatic N) is 3. The summed E-state index contributed by atoms with van der Waals surface area (Å²) in [7, 11) is 0. The summed E-state index contributed by atoms with van der Waals surface area (Å²) in [5, 5.41) is 12.0. The standard InChI is InChI=1S/C17H13N5O2S/c1-2-9-25-22-17(24)21-15-8-7-13-16(20-15)19-14(10-18-13)11-3-5-12(23)6-4-11/h1,3-8,10,23H,9H2,(H2,19,20,21,22,24). The van der Waals surface area contributed by atoms with Crippen LogP contribution in [0.15, 0.2) is 42.6 Å². The van der Waals surface area contributed by atoms with Crippen molar-refractivity contribution in [2.45, 2.75) is 0 Å². The van der Waals surface area contributed by atoms with E-state index in [1.54, 1.807) is 42.6 Å². The molecule has 2 aromatic heterocycles. The second-order valence-corrected chi connectivity index (χ2v) is 5.67. The number of benzene rings is 1. The van der Waals surface area contributed by atoms with Crippen LogP contribution in [0.4, 0.5) is 10.6 Å². The molecular weight excluding hydrogens is 338 g/mol. The zero-order chi connectivity index (χ0) is 17.6. The van der Waals surface area contributed by atoms with Gasteiger partial charge in [0.15, 0.2) is 5.65 Å². The third-order valence-electron chi connectivity index (χ3n) is 3.13. The number of urea groups is 1. The first-order valence-electron chi connectivity index (χ1n) is 7.21. The summed E-state index contributed by atoms with van der Waals surface area (Å²) >= 11 is 1.11. The summed E-state index contributed by atoms with van der Waals surface area (Å²) in [6.45, 7) is 0. The number of hydrogen-bond donors (Lipinski definition) is 3. The predicted molar refractivity (Wildman–Crippen MR) is 97.9 cm³/mol. The third-order valence-corrected chi connectivity index (χ3v) is 3.77. The van der Waals surface area contributed by atoms with Gasteiger partial charge in [0, 0.05) is 5.56 Å². The van der Waals surface area contributed by atoms with Gasteiger partial charge >= 0.3 is 6.03 Å². The van der Waals surface area contributed by atoms with Crippen molar-refractivity contribution >= 4 is 35.0 Å². The van der Waals surface area contributed by atoms with E-state index in [9.17, 15) is 9.90 Å². The Morgan fingerprint density at radius 2 is 2.00 bits per heavy atom. The molecule has 0 aliphatic heterocycles. The zero-order valence-electron chi connectivity index (χ0n) is 12.9. The molecule has 1 aromatic carbocycles. The van der Waals surface area contributed by atoms with Gasteiger partial charge in [-0.3, -0.25) is 15.0 Å². The Kier molecular flexibility index (Phi) is 4.97. The van der Waals surface area contributed by atoms with Crippen LogP contribution in [0.3, 0.4) is 0 Å². The van der Waals surface area contributed by atoms with E-state index in [0.717, 1.165) is 17.5 Å². The highest BCUT2D eigenvalue weighted by molar-refractivity contribution is 7.98. The first-order valence-corrected chi connectivity index (χ1v) is 8.20. The minimum Gasteiger partial charge on any atom is -0.508 e. The average Bonchev–Trinajstić information content (AvgIpc) is 2.62. The number of nitrogens with one attached hydrogen (secondary N) is 2. The largest absolute Gasteiger partial charge is 0.508 e. The Hall–Kier alpha value is -3.31. The number of hydrogen-bond acceptors (Lipinski definition) is 6. The van der Waals surface area contributed by atoms with E-state index in [1.807, 2.05) is 0 Å². The monoisotopic (exact) mass is 351 g/mol. The molecule has 124 valence electrons. The van der Waals surface area contributed by atoms with E-state index in [4.69, 9.17) is 6.42 Å². The highest BCUT2D eigenvalue weighted by Crippen LogP contribution is 2.21. The molecule has 0 spiro atoms. The molecule has 3 rings (SSSR count). The van der Waals surface area contributed by atoms with Crippen molar-refractivity contribution in [1.82, 2.24) is 19.7 Å². The minimum absolute atomic E-state index is 0.177. The molecule has 7 nitrogen and oxygen atoms in total. The van der Waals surface area contributed by atoms with E-state index in [-0.39, 0.29) is 5.75 Å². The molecule has 0 bridgehead atoms. The fourth-order valence-electron chi connectivity index (χ4n) is 2.02. The van der Waals surface area contributed by atoms with Gasteiger partial charge < -0.3 is 5.11 Å². The first-order chi connectivity index (χ1) is 12.2. The Labute approximate surface area is 148 Å². The second-order valence-electron chi connectivity index (χ2n) is 4.89. The molecule has 0 unspecified atom stereocenters. The maximum absolute atomic E-state index is 11.7. The average molecular weight is 351 g/mol. The topological polar surface area (TPSA) is 100 Å². The summed E-state index contributed by atoms with van der Waals surface area (Å²) < 4.78 is 2.55. The van der Waals surface area contributed by atoms with Gasteiger partial charge in [0.05, 0.1) is 17.6 Å². The van der Waals surface area contributed by atoms with Gasteiger partial charge in [0.25, 0.3) is 0 Å². The van der Waals surface area contributed by atoms with Crippen molar-refractivity contribution in [2.24, 2.45) is 0 Å². The molecule has 3 N–H and O–H groups in total. The van der Waals surface area contributed by atoms with Gasteiger partial charge in [-0.05, 0) is 48.3 Å². The number of anilines is 1. The molecule has 0 fully saturated rings. The van der Waals surface area contributed by atoms with Crippen molar-refractivity contribution in [1.29, 1.82) is 0 Å². The molecule has 2 amide bonds. The summed E-state index contributed by atoms with van der Waals surface area (Å²) in [4.78, 5) is 24.8. The lowest BCUT2D eigenvalue weighted by Crippen LogP contribution is -2.23. The van der Waals surface area contributed by atoms with Crippen molar-refractivity contribution in [3.05, 3.63) is 42.6 Å². The van der Waals surface area contributed by atoms with Gasteiger partial charge in [0.1, 0.15) is 17.1 Å². The van der Waals surface area contributed by atoms with E-state index in [2.05, 4.69) is 30.9 Å². The molecule has 2 heterocycles. The van der Waals surface area contributed by atoms with Gasteiger partial charge in [0.2, 0.25) is 0 Å². The van der Waals surface area contributed by atoms with Gasteiger partial charge in [-0.25, -0.2) is 14.8 Å². The Bertz CT molecular complexity index is 953. The quantitative estimate of drug-likeness (QED) is 0.380. The summed E-state index contributed by atoms with van der Waals surface area (Å²) in [5.41, 5.74) is 2.43. The summed E-state index contributed by atoms with van der Waals surface area (Å²) in [6.07, 6.45) is 6.75. The fourth-order valence-corrected chi connectivity index (χ4v) is 2.36. The van der Waals surface area contributed by atoms with Gasteiger partial charge in [-0.1, -0.05) is 5.92 Å². The maximum Gasteiger partial charge on any atom is 0.330 e. The van der Waals surface area contributed by atoms with E-state index >= 15 is 0 Å². The third kappa shape index (κ3) is 4.16. The number of phenols is 1. The van der Waals surface area contributed by atoms with E-state index in [1.165, 1.54) is 0 Å². The van der Waals surface area contributed by atoms with Crippen molar-refractivity contribution in [2.75, 3.05) is 11.1 Å². The van der Waals surface area contributed by atoms with Crippen LogP contribution in [0, 0.1) is 12.3 Å². The number of amides is 2. The highest BCUT2D eigenvalue weighted by atomic mass is 32.2. The van der Waals surface area contributed by atoms with Gasteiger partial charge in [-0.2, -0.15) is 0 Å². The van der Waals surface area contributed by atoms with Crippen molar-refractivity contribution < 1.29 is 9.90 Å². The predicted octanol–water partition coefficient (Wildman–Crippen LogP) is 2.80. The first kappa shape index (κ1) is 16.5. The van der Waals surface area contributed by atoms with Crippen molar-refractivity contribution in [3.8, 4) is 29.4 Å². The van der Waals surface area contributed by atoms with Crippen LogP contribution < -0.4 is 10.0 Å². The Balaban J connectivity index is 1.82. The molecule has 8 heteroatoms. The lowest BCUT2D eigenvalue weighted by molar-refractivity contribution is 0.257. The molecule has 3 aromatic rings.